The Morgan fingerprint density at radius 2 is 1.80 bits per heavy atom. The molecule has 0 fully saturated rings. The lowest BCUT2D eigenvalue weighted by Gasteiger charge is -2.37. The summed E-state index contributed by atoms with van der Waals surface area (Å²) in [4.78, 5) is 10.6. The van der Waals surface area contributed by atoms with E-state index < -0.39 is 37.7 Å². The van der Waals surface area contributed by atoms with Gasteiger partial charge in [-0.1, -0.05) is 0 Å². The van der Waals surface area contributed by atoms with Crippen LogP contribution in [0.3, 0.4) is 0 Å². The van der Waals surface area contributed by atoms with Crippen molar-refractivity contribution in [2.45, 2.75) is 50.7 Å². The predicted molar refractivity (Wildman–Crippen MR) is 71.0 cm³/mol. The van der Waals surface area contributed by atoms with E-state index in [9.17, 15) is 18.3 Å². The van der Waals surface area contributed by atoms with Crippen LogP contribution < -0.4 is 4.72 Å². The molecule has 0 amide bonds. The quantitative estimate of drug-likeness (QED) is 0.616. The van der Waals surface area contributed by atoms with Gasteiger partial charge in [-0.3, -0.25) is 5.10 Å². The van der Waals surface area contributed by atoms with E-state index in [1.54, 1.807) is 0 Å². The molecule has 0 bridgehead atoms. The first-order valence-electron chi connectivity index (χ1n) is 5.84. The number of carboxylic acid groups (broad SMARTS) is 1. The fourth-order valence-corrected chi connectivity index (χ4v) is 3.26. The van der Waals surface area contributed by atoms with E-state index in [4.69, 9.17) is 5.11 Å². The number of hydrogen-bond donors (Lipinski definition) is 4. The second kappa shape index (κ2) is 4.83. The Morgan fingerprint density at radius 3 is 2.20 bits per heavy atom. The molecular weight excluding hydrogens is 286 g/mol. The van der Waals surface area contributed by atoms with E-state index in [0.29, 0.717) is 0 Å². The minimum atomic E-state index is -4.15. The van der Waals surface area contributed by atoms with E-state index in [-0.39, 0.29) is 5.69 Å². The van der Waals surface area contributed by atoms with Gasteiger partial charge in [0, 0.05) is 0 Å². The monoisotopic (exact) mass is 305 g/mol. The van der Waals surface area contributed by atoms with Crippen molar-refractivity contribution < 1.29 is 23.4 Å². The van der Waals surface area contributed by atoms with Crippen molar-refractivity contribution in [1.82, 2.24) is 14.9 Å². The second-order valence-corrected chi connectivity index (χ2v) is 7.24. The van der Waals surface area contributed by atoms with Crippen molar-refractivity contribution in [3.8, 4) is 0 Å². The summed E-state index contributed by atoms with van der Waals surface area (Å²) >= 11 is 0. The number of aliphatic hydroxyl groups is 1. The van der Waals surface area contributed by atoms with Gasteiger partial charge in [-0.15, -0.1) is 0 Å². The van der Waals surface area contributed by atoms with Crippen molar-refractivity contribution in [2.24, 2.45) is 0 Å². The number of carboxylic acids is 1. The van der Waals surface area contributed by atoms with Gasteiger partial charge in [-0.25, -0.2) is 17.9 Å². The molecule has 0 radical (unpaired) electrons. The van der Waals surface area contributed by atoms with Crippen LogP contribution in [0.2, 0.25) is 0 Å². The SMILES string of the molecule is Cc1[nH]nc(C(=O)O)c1S(=O)(=O)NC(C)(C)C(C)(C)O. The Kier molecular flexibility index (Phi) is 4.01. The first-order valence-corrected chi connectivity index (χ1v) is 7.32. The summed E-state index contributed by atoms with van der Waals surface area (Å²) in [5, 5.41) is 24.8. The van der Waals surface area contributed by atoms with Crippen LogP contribution >= 0.6 is 0 Å². The zero-order valence-electron chi connectivity index (χ0n) is 12.0. The highest BCUT2D eigenvalue weighted by Crippen LogP contribution is 2.25. The number of H-pyrrole nitrogens is 1. The maximum atomic E-state index is 12.4. The molecule has 0 spiro atoms. The molecule has 1 rings (SSSR count). The molecule has 0 saturated heterocycles. The van der Waals surface area contributed by atoms with Gasteiger partial charge >= 0.3 is 5.97 Å². The number of nitrogens with one attached hydrogen (secondary N) is 2. The molecule has 1 heterocycles. The third-order valence-corrected chi connectivity index (χ3v) is 5.10. The summed E-state index contributed by atoms with van der Waals surface area (Å²) in [6.07, 6.45) is 0. The van der Waals surface area contributed by atoms with Crippen LogP contribution in [0, 0.1) is 6.92 Å². The average molecular weight is 305 g/mol. The lowest BCUT2D eigenvalue weighted by Crippen LogP contribution is -2.57. The number of nitrogens with zero attached hydrogens (tertiary/aromatic N) is 1. The molecule has 20 heavy (non-hydrogen) atoms. The summed E-state index contributed by atoms with van der Waals surface area (Å²) in [6, 6.07) is 0. The lowest BCUT2D eigenvalue weighted by atomic mass is 9.87. The van der Waals surface area contributed by atoms with E-state index in [1.807, 2.05) is 0 Å². The zero-order valence-corrected chi connectivity index (χ0v) is 12.8. The molecule has 0 atom stereocenters. The molecular formula is C11H19N3O5S. The molecule has 114 valence electrons. The van der Waals surface area contributed by atoms with Crippen molar-refractivity contribution in [3.63, 3.8) is 0 Å². The third-order valence-electron chi connectivity index (χ3n) is 3.28. The van der Waals surface area contributed by atoms with Gasteiger partial charge in [0.05, 0.1) is 16.8 Å². The highest BCUT2D eigenvalue weighted by Gasteiger charge is 2.41. The molecule has 1 aromatic rings. The van der Waals surface area contributed by atoms with Crippen LogP contribution in [0.1, 0.15) is 43.9 Å². The Bertz CT molecular complexity index is 625. The number of hydrogen-bond acceptors (Lipinski definition) is 5. The second-order valence-electron chi connectivity index (χ2n) is 5.62. The molecule has 4 N–H and O–H groups in total. The van der Waals surface area contributed by atoms with Crippen LogP contribution in [0.5, 0.6) is 0 Å². The first kappa shape index (κ1) is 16.6. The van der Waals surface area contributed by atoms with Crippen molar-refractivity contribution in [1.29, 1.82) is 0 Å². The van der Waals surface area contributed by atoms with Crippen LogP contribution in [0.25, 0.3) is 0 Å². The normalized spacial score (nSPS) is 13.5. The Balaban J connectivity index is 3.33. The van der Waals surface area contributed by atoms with Crippen LogP contribution in [0.4, 0.5) is 0 Å². The van der Waals surface area contributed by atoms with E-state index in [1.165, 1.54) is 34.6 Å². The third kappa shape index (κ3) is 3.00. The minimum absolute atomic E-state index is 0.112. The van der Waals surface area contributed by atoms with Gasteiger partial charge in [-0.2, -0.15) is 5.10 Å². The number of rotatable bonds is 5. The molecule has 0 unspecified atom stereocenters. The topological polar surface area (TPSA) is 132 Å². The minimum Gasteiger partial charge on any atom is -0.476 e. The number of carbonyl (C=O) groups is 1. The zero-order chi connectivity index (χ0) is 15.9. The van der Waals surface area contributed by atoms with Crippen molar-refractivity contribution >= 4 is 16.0 Å². The molecule has 1 aromatic heterocycles. The summed E-state index contributed by atoms with van der Waals surface area (Å²) in [5.41, 5.74) is -3.02. The predicted octanol–water partition coefficient (Wildman–Crippen LogP) is 0.244. The number of sulfonamides is 1. The molecule has 0 aliphatic rings. The van der Waals surface area contributed by atoms with Gasteiger partial charge in [0.1, 0.15) is 4.90 Å². The molecule has 0 aromatic carbocycles. The van der Waals surface area contributed by atoms with Gasteiger partial charge in [-0.05, 0) is 34.6 Å². The van der Waals surface area contributed by atoms with Crippen LogP contribution in [-0.4, -0.2) is 45.9 Å². The largest absolute Gasteiger partial charge is 0.476 e. The Hall–Kier alpha value is -1.45. The molecule has 0 aliphatic heterocycles. The van der Waals surface area contributed by atoms with Gasteiger partial charge in [0.2, 0.25) is 10.0 Å². The van der Waals surface area contributed by atoms with E-state index in [2.05, 4.69) is 14.9 Å². The molecule has 8 nitrogen and oxygen atoms in total. The van der Waals surface area contributed by atoms with Crippen molar-refractivity contribution in [3.05, 3.63) is 11.4 Å². The summed E-state index contributed by atoms with van der Waals surface area (Å²) < 4.78 is 27.0. The summed E-state index contributed by atoms with van der Waals surface area (Å²) in [7, 11) is -4.15. The molecule has 9 heteroatoms. The van der Waals surface area contributed by atoms with E-state index >= 15 is 0 Å². The summed E-state index contributed by atoms with van der Waals surface area (Å²) in [5.74, 6) is -1.45. The number of aromatic nitrogens is 2. The highest BCUT2D eigenvalue weighted by molar-refractivity contribution is 7.89. The van der Waals surface area contributed by atoms with Gasteiger partial charge in [0.25, 0.3) is 0 Å². The van der Waals surface area contributed by atoms with Crippen LogP contribution in [-0.2, 0) is 10.0 Å². The van der Waals surface area contributed by atoms with Crippen LogP contribution in [0.15, 0.2) is 4.90 Å². The highest BCUT2D eigenvalue weighted by atomic mass is 32.2. The molecule has 0 saturated carbocycles. The maximum Gasteiger partial charge on any atom is 0.357 e. The first-order chi connectivity index (χ1) is 8.79. The van der Waals surface area contributed by atoms with Crippen molar-refractivity contribution in [2.75, 3.05) is 0 Å². The van der Waals surface area contributed by atoms with Gasteiger partial charge < -0.3 is 10.2 Å². The molecule has 0 aliphatic carbocycles. The standard InChI is InChI=1S/C11H19N3O5S/c1-6-8(7(9(15)16)13-12-6)20(18,19)14-10(2,3)11(4,5)17/h14,17H,1-5H3,(H,12,13)(H,15,16). The number of aryl methyl sites for hydroxylation is 1. The lowest BCUT2D eigenvalue weighted by molar-refractivity contribution is 0.00638. The average Bonchev–Trinajstić information content (AvgIpc) is 2.57. The van der Waals surface area contributed by atoms with E-state index in [0.717, 1.165) is 0 Å². The number of aromatic amines is 1. The Morgan fingerprint density at radius 1 is 1.30 bits per heavy atom. The summed E-state index contributed by atoms with van der Waals surface area (Å²) in [6.45, 7) is 7.32. The fourth-order valence-electron chi connectivity index (χ4n) is 1.40. The van der Waals surface area contributed by atoms with Gasteiger partial charge in [0.15, 0.2) is 5.69 Å². The fraction of sp³-hybridized carbons (Fsp3) is 0.636. The maximum absolute atomic E-state index is 12.4. The number of aromatic carboxylic acids is 1. The Labute approximate surface area is 117 Å². The smallest absolute Gasteiger partial charge is 0.357 e.